The third kappa shape index (κ3) is 4.12. The molecule has 0 amide bonds. The van der Waals surface area contributed by atoms with E-state index >= 15 is 4.39 Å². The first kappa shape index (κ1) is 29.8. The number of benzene rings is 2. The molecule has 1 spiro atoms. The van der Waals surface area contributed by atoms with E-state index in [0.29, 0.717) is 4.70 Å². The fourth-order valence-electron chi connectivity index (χ4n) is 6.80. The quantitative estimate of drug-likeness (QED) is 0.256. The molecule has 0 radical (unpaired) electrons. The molecule has 2 N–H and O–H groups in total. The van der Waals surface area contributed by atoms with Gasteiger partial charge in [0.1, 0.15) is 41.1 Å². The highest BCUT2D eigenvalue weighted by Crippen LogP contribution is 2.68. The molecule has 0 bridgehead atoms. The molecule has 5 aromatic rings. The summed E-state index contributed by atoms with van der Waals surface area (Å²) in [5, 5.41) is 30.3. The van der Waals surface area contributed by atoms with Gasteiger partial charge in [0.05, 0.1) is 51.4 Å². The van der Waals surface area contributed by atoms with Crippen molar-refractivity contribution in [2.75, 3.05) is 6.61 Å². The molecule has 10 nitrogen and oxygen atoms in total. The Bertz CT molecular complexity index is 2050. The van der Waals surface area contributed by atoms with Crippen molar-refractivity contribution in [3.8, 4) is 16.8 Å². The molecular weight excluding hydrogens is 666 g/mol. The Hall–Kier alpha value is -3.61. The largest absolute Gasteiger partial charge is 0.418 e. The Morgan fingerprint density at radius 1 is 1.13 bits per heavy atom. The number of fused-ring (bicyclic) bond motifs is 1. The van der Waals surface area contributed by atoms with Gasteiger partial charge in [-0.05, 0) is 25.1 Å². The summed E-state index contributed by atoms with van der Waals surface area (Å²) < 4.78 is 101. The number of rotatable bonds is 4. The van der Waals surface area contributed by atoms with E-state index in [-0.39, 0.29) is 41.0 Å². The number of aliphatic hydroxyl groups excluding tert-OH is 2. The number of aliphatic hydroxyl groups is 2. The van der Waals surface area contributed by atoms with E-state index in [4.69, 9.17) is 21.1 Å². The van der Waals surface area contributed by atoms with Crippen LogP contribution in [0.4, 0.5) is 26.3 Å². The number of alkyl halides is 3. The number of thiazole rings is 1. The van der Waals surface area contributed by atoms with Crippen LogP contribution in [0.15, 0.2) is 36.1 Å². The topological polar surface area (TPSA) is 120 Å². The maximum absolute atomic E-state index is 15.0. The zero-order valence-electron chi connectivity index (χ0n) is 23.1. The van der Waals surface area contributed by atoms with Gasteiger partial charge in [0.2, 0.25) is 0 Å². The van der Waals surface area contributed by atoms with Gasteiger partial charge in [-0.25, -0.2) is 27.8 Å². The standard InChI is InChI=1S/C28H19ClF6N6O4S/c1-9-38-26(41(39-9)15-4-13(29)14(30)3-12(15)28(33,34)35)23-22(43)18-24(27(18)25(45-23)16(42)7-44-27)40-6-10(5-37-40)11-2-17-21(36-8-46-17)20(32)19(11)31/h2-6,8,16,18,22-25,42-43H,7H2,1H3/t16?,18?,22?,23-,24?,25?,27?/m1/s1. The van der Waals surface area contributed by atoms with Gasteiger partial charge in [-0.3, -0.25) is 4.68 Å². The number of nitrogens with zero attached hydrogens (tertiary/aromatic N) is 6. The number of aromatic nitrogens is 6. The zero-order chi connectivity index (χ0) is 32.4. The molecule has 5 heterocycles. The Morgan fingerprint density at radius 3 is 2.67 bits per heavy atom. The molecule has 2 aliphatic heterocycles. The first-order valence-electron chi connectivity index (χ1n) is 13.7. The number of ether oxygens (including phenoxy) is 2. The van der Waals surface area contributed by atoms with Crippen molar-refractivity contribution in [2.24, 2.45) is 5.92 Å². The van der Waals surface area contributed by atoms with Crippen LogP contribution in [0.25, 0.3) is 27.0 Å². The van der Waals surface area contributed by atoms with Crippen LogP contribution in [0.5, 0.6) is 0 Å². The van der Waals surface area contributed by atoms with Gasteiger partial charge < -0.3 is 19.7 Å². The van der Waals surface area contributed by atoms with Crippen molar-refractivity contribution in [3.05, 3.63) is 75.8 Å². The van der Waals surface area contributed by atoms with Gasteiger partial charge >= 0.3 is 6.18 Å². The summed E-state index contributed by atoms with van der Waals surface area (Å²) in [5.41, 5.74) is -1.90. The third-order valence-corrected chi connectivity index (χ3v) is 9.82. The molecule has 240 valence electrons. The minimum Gasteiger partial charge on any atom is -0.389 e. The molecule has 7 atom stereocenters. The highest BCUT2D eigenvalue weighted by molar-refractivity contribution is 7.16. The van der Waals surface area contributed by atoms with Crippen molar-refractivity contribution >= 4 is 33.2 Å². The van der Waals surface area contributed by atoms with Crippen molar-refractivity contribution in [3.63, 3.8) is 0 Å². The summed E-state index contributed by atoms with van der Waals surface area (Å²) in [6, 6.07) is 1.65. The lowest BCUT2D eigenvalue weighted by molar-refractivity contribution is -0.175. The smallest absolute Gasteiger partial charge is 0.389 e. The Morgan fingerprint density at radius 2 is 1.91 bits per heavy atom. The fourth-order valence-corrected chi connectivity index (χ4v) is 7.67. The molecule has 3 aliphatic rings. The molecule has 6 unspecified atom stereocenters. The second-order valence-electron chi connectivity index (χ2n) is 11.3. The molecular formula is C28H19ClF6N6O4S. The van der Waals surface area contributed by atoms with Crippen LogP contribution in [0.3, 0.4) is 0 Å². The van der Waals surface area contributed by atoms with Gasteiger partial charge in [-0.1, -0.05) is 11.6 Å². The molecule has 2 saturated heterocycles. The van der Waals surface area contributed by atoms with E-state index in [1.54, 1.807) is 0 Å². The Balaban J connectivity index is 1.19. The second-order valence-corrected chi connectivity index (χ2v) is 12.6. The maximum atomic E-state index is 15.0. The molecule has 1 saturated carbocycles. The van der Waals surface area contributed by atoms with Crippen molar-refractivity contribution in [1.29, 1.82) is 0 Å². The Labute approximate surface area is 262 Å². The van der Waals surface area contributed by atoms with Gasteiger partial charge in [0.25, 0.3) is 0 Å². The molecule has 8 rings (SSSR count). The lowest BCUT2D eigenvalue weighted by Crippen LogP contribution is -2.47. The van der Waals surface area contributed by atoms with Crippen LogP contribution in [0, 0.1) is 30.3 Å². The average Bonchev–Trinajstić information content (AvgIpc) is 3.54. The molecule has 3 fully saturated rings. The third-order valence-electron chi connectivity index (χ3n) is 8.75. The number of halogens is 7. The number of aryl methyl sites for hydroxylation is 1. The van der Waals surface area contributed by atoms with Crippen molar-refractivity contribution < 1.29 is 46.0 Å². The predicted molar refractivity (Wildman–Crippen MR) is 148 cm³/mol. The van der Waals surface area contributed by atoms with Gasteiger partial charge in [0.15, 0.2) is 17.5 Å². The summed E-state index contributed by atoms with van der Waals surface area (Å²) in [5.74, 6) is -4.61. The summed E-state index contributed by atoms with van der Waals surface area (Å²) in [6.07, 6.45) is -7.50. The monoisotopic (exact) mass is 684 g/mol. The van der Waals surface area contributed by atoms with E-state index in [0.717, 1.165) is 22.1 Å². The summed E-state index contributed by atoms with van der Waals surface area (Å²) in [7, 11) is 0. The SMILES string of the molecule is Cc1nc([C@@H]2OC3C(O)COC34C(C2O)C4n2cc(-c3cc4scnc4c(F)c3F)cn2)n(-c2cc(Cl)c(F)cc2C(F)(F)F)n1. The van der Waals surface area contributed by atoms with Crippen LogP contribution in [0.2, 0.25) is 5.02 Å². The Kier molecular flexibility index (Phi) is 6.44. The lowest BCUT2D eigenvalue weighted by atomic mass is 9.96. The fraction of sp³-hybridized carbons (Fsp3) is 0.357. The molecule has 46 heavy (non-hydrogen) atoms. The van der Waals surface area contributed by atoms with Gasteiger partial charge in [0, 0.05) is 23.2 Å². The first-order valence-corrected chi connectivity index (χ1v) is 15.0. The first-order chi connectivity index (χ1) is 21.8. The highest BCUT2D eigenvalue weighted by Gasteiger charge is 2.81. The summed E-state index contributed by atoms with van der Waals surface area (Å²) in [6.45, 7) is 1.22. The minimum atomic E-state index is -5.01. The average molecular weight is 685 g/mol. The highest BCUT2D eigenvalue weighted by atomic mass is 35.5. The lowest BCUT2D eigenvalue weighted by Gasteiger charge is -2.35. The van der Waals surface area contributed by atoms with E-state index in [9.17, 15) is 32.2 Å². The van der Waals surface area contributed by atoms with Gasteiger partial charge in [-0.15, -0.1) is 11.3 Å². The van der Waals surface area contributed by atoms with Crippen molar-refractivity contribution in [2.45, 2.75) is 49.2 Å². The van der Waals surface area contributed by atoms with Crippen LogP contribution in [-0.2, 0) is 15.7 Å². The number of hydrogen-bond acceptors (Lipinski definition) is 9. The van der Waals surface area contributed by atoms with Crippen LogP contribution < -0.4 is 0 Å². The molecule has 2 aromatic carbocycles. The van der Waals surface area contributed by atoms with Crippen molar-refractivity contribution in [1.82, 2.24) is 29.5 Å². The summed E-state index contributed by atoms with van der Waals surface area (Å²) >= 11 is 7.00. The summed E-state index contributed by atoms with van der Waals surface area (Å²) in [4.78, 5) is 8.09. The second kappa shape index (κ2) is 9.95. The normalized spacial score (nSPS) is 28.9. The van der Waals surface area contributed by atoms with Crippen LogP contribution >= 0.6 is 22.9 Å². The van der Waals surface area contributed by atoms with Crippen LogP contribution in [0.1, 0.15) is 29.4 Å². The van der Waals surface area contributed by atoms with E-state index < -0.39 is 81.9 Å². The van der Waals surface area contributed by atoms with E-state index in [2.05, 4.69) is 20.2 Å². The maximum Gasteiger partial charge on any atom is 0.418 e. The molecule has 1 aliphatic carbocycles. The number of hydrogen-bond donors (Lipinski definition) is 2. The van der Waals surface area contributed by atoms with E-state index in [1.807, 2.05) is 0 Å². The molecule has 3 aromatic heterocycles. The minimum absolute atomic E-state index is 0.00987. The van der Waals surface area contributed by atoms with E-state index in [1.165, 1.54) is 35.6 Å². The molecule has 18 heteroatoms. The predicted octanol–water partition coefficient (Wildman–Crippen LogP) is 4.94. The zero-order valence-corrected chi connectivity index (χ0v) is 24.7. The van der Waals surface area contributed by atoms with Gasteiger partial charge in [-0.2, -0.15) is 23.4 Å². The van der Waals surface area contributed by atoms with Crippen LogP contribution in [-0.4, -0.2) is 70.3 Å².